The molecule has 45 heteroatoms. The molecule has 0 spiro atoms. The predicted molar refractivity (Wildman–Crippen MR) is 353 cm³/mol. The highest BCUT2D eigenvalue weighted by molar-refractivity contribution is 6.00. The van der Waals surface area contributed by atoms with E-state index in [0.29, 0.717) is 5.69 Å². The van der Waals surface area contributed by atoms with Crippen molar-refractivity contribution in [3.05, 3.63) is 18.2 Å². The summed E-state index contributed by atoms with van der Waals surface area (Å²) in [6.45, 7) is 6.70. The number of rotatable bonds is 45. The number of nitrogens with zero attached hydrogens (tertiary/aromatic N) is 1. The number of carbonyl (C=O) groups is 19. The lowest BCUT2D eigenvalue weighted by Crippen LogP contribution is -2.67. The Kier molecular flexibility index (Phi) is 38.3. The molecular formula is C61H94N16O29. The number of nitrogens with one attached hydrogen (secondary N) is 13. The zero-order valence-corrected chi connectivity index (χ0v) is 59.5. The second-order valence-electron chi connectivity index (χ2n) is 24.7. The van der Waals surface area contributed by atoms with Crippen LogP contribution in [0.2, 0.25) is 0 Å². The lowest BCUT2D eigenvalue weighted by atomic mass is 9.96. The van der Waals surface area contributed by atoms with Crippen molar-refractivity contribution in [1.82, 2.24) is 73.8 Å². The van der Waals surface area contributed by atoms with Crippen molar-refractivity contribution >= 4 is 113 Å². The summed E-state index contributed by atoms with van der Waals surface area (Å²) in [4.78, 5) is 254. The zero-order valence-electron chi connectivity index (χ0n) is 59.5. The van der Waals surface area contributed by atoms with Crippen LogP contribution < -0.4 is 75.3 Å². The third kappa shape index (κ3) is 31.9. The van der Waals surface area contributed by atoms with Gasteiger partial charge < -0.3 is 129 Å². The van der Waals surface area contributed by atoms with Gasteiger partial charge >= 0.3 is 35.8 Å². The molecule has 16 atom stereocenters. The van der Waals surface area contributed by atoms with Crippen LogP contribution in [0, 0.1) is 11.8 Å². The Labute approximate surface area is 604 Å². The van der Waals surface area contributed by atoms with Crippen molar-refractivity contribution < 1.29 is 140 Å². The first kappa shape index (κ1) is 91.0. The summed E-state index contributed by atoms with van der Waals surface area (Å²) in [5.41, 5.74) is 11.4. The Morgan fingerprint density at radius 1 is 0.547 bits per heavy atom. The minimum atomic E-state index is -2.26. The molecule has 0 radical (unpaired) electrons. The van der Waals surface area contributed by atoms with E-state index in [0.717, 1.165) is 34.6 Å². The van der Waals surface area contributed by atoms with E-state index in [1.54, 1.807) is 0 Å². The van der Waals surface area contributed by atoms with Crippen LogP contribution in [0.5, 0.6) is 0 Å². The summed E-state index contributed by atoms with van der Waals surface area (Å²) < 4.78 is 28.0. The third-order valence-corrected chi connectivity index (χ3v) is 15.1. The molecule has 1 aromatic heterocycles. The van der Waals surface area contributed by atoms with E-state index in [9.17, 15) is 112 Å². The van der Waals surface area contributed by atoms with Crippen LogP contribution in [0.25, 0.3) is 0 Å². The third-order valence-electron chi connectivity index (χ3n) is 15.1. The number of ether oxygens (including phenoxy) is 5. The van der Waals surface area contributed by atoms with E-state index in [4.69, 9.17) is 40.3 Å². The van der Waals surface area contributed by atoms with Crippen LogP contribution in [-0.4, -0.2) is 278 Å². The number of carboxylic acids is 3. The topological polar surface area (TPSA) is 697 Å². The molecule has 0 unspecified atom stereocenters. The number of nitrogens with two attached hydrogens (primary N) is 2. The molecule has 0 aliphatic carbocycles. The highest BCUT2D eigenvalue weighted by Gasteiger charge is 2.52. The summed E-state index contributed by atoms with van der Waals surface area (Å²) in [7, 11) is 0. The Bertz CT molecular complexity index is 3320. The van der Waals surface area contributed by atoms with E-state index in [-0.39, 0.29) is 6.42 Å². The van der Waals surface area contributed by atoms with Gasteiger partial charge in [0.1, 0.15) is 85.2 Å². The van der Waals surface area contributed by atoms with Crippen LogP contribution in [0.3, 0.4) is 0 Å². The maximum Gasteiger partial charge on any atom is 0.326 e. The highest BCUT2D eigenvalue weighted by Crippen LogP contribution is 2.28. The molecule has 22 N–H and O–H groups in total. The predicted octanol–water partition coefficient (Wildman–Crippen LogP) is -10.1. The number of primary amides is 1. The highest BCUT2D eigenvalue weighted by atomic mass is 16.7. The number of aromatic amines is 1. The first-order chi connectivity index (χ1) is 49.5. The molecule has 592 valence electrons. The number of amides is 13. The summed E-state index contributed by atoms with van der Waals surface area (Å²) in [5.74, 6) is -24.2. The fraction of sp³-hybridized carbons (Fsp3) is 0.639. The Morgan fingerprint density at radius 3 is 1.49 bits per heavy atom. The molecule has 1 aromatic rings. The second-order valence-corrected chi connectivity index (χ2v) is 24.7. The second kappa shape index (κ2) is 44.6. The first-order valence-corrected chi connectivity index (χ1v) is 32.7. The number of H-pyrrole nitrogens is 1. The van der Waals surface area contributed by atoms with Crippen LogP contribution in [0.15, 0.2) is 12.5 Å². The van der Waals surface area contributed by atoms with Gasteiger partial charge in [-0.1, -0.05) is 27.7 Å². The van der Waals surface area contributed by atoms with E-state index < -0.39 is 287 Å². The fourth-order valence-electron chi connectivity index (χ4n) is 9.65. The van der Waals surface area contributed by atoms with Gasteiger partial charge in [0.05, 0.1) is 39.1 Å². The van der Waals surface area contributed by atoms with E-state index in [1.165, 1.54) is 47.1 Å². The number of aliphatic hydroxyl groups excluding tert-OH is 2. The molecule has 45 nitrogen and oxygen atoms in total. The number of carbonyl (C=O) groups excluding carboxylic acids is 16. The van der Waals surface area contributed by atoms with Gasteiger partial charge in [-0.05, 0) is 38.5 Å². The largest absolute Gasteiger partial charge is 0.481 e. The molecule has 0 aromatic carbocycles. The molecule has 1 aliphatic rings. The lowest BCUT2D eigenvalue weighted by molar-refractivity contribution is -0.278. The summed E-state index contributed by atoms with van der Waals surface area (Å²) in [5, 5.41) is 75.0. The van der Waals surface area contributed by atoms with Crippen molar-refractivity contribution in [3.8, 4) is 0 Å². The van der Waals surface area contributed by atoms with Gasteiger partial charge in [-0.15, -0.1) is 0 Å². The molecule has 1 fully saturated rings. The van der Waals surface area contributed by atoms with Crippen molar-refractivity contribution in [3.63, 3.8) is 0 Å². The normalized spacial score (nSPS) is 18.4. The molecule has 2 heterocycles. The smallest absolute Gasteiger partial charge is 0.326 e. The van der Waals surface area contributed by atoms with Crippen LogP contribution in [-0.2, 0) is 121 Å². The minimum absolute atomic E-state index is 0.208. The number of aromatic nitrogens is 2. The number of imidazole rings is 1. The Morgan fingerprint density at radius 2 is 1.03 bits per heavy atom. The molecular weight excluding hydrogens is 1420 g/mol. The van der Waals surface area contributed by atoms with Crippen molar-refractivity contribution in [2.75, 3.05) is 33.0 Å². The van der Waals surface area contributed by atoms with Crippen LogP contribution >= 0.6 is 0 Å². The number of hydrogen-bond acceptors (Lipinski definition) is 28. The lowest BCUT2D eigenvalue weighted by Gasteiger charge is -2.45. The van der Waals surface area contributed by atoms with E-state index >= 15 is 0 Å². The molecule has 0 bridgehead atoms. The molecule has 106 heavy (non-hydrogen) atoms. The number of carboxylic acid groups (broad SMARTS) is 3. The maximum atomic E-state index is 14.6. The van der Waals surface area contributed by atoms with Crippen molar-refractivity contribution in [2.45, 2.75) is 205 Å². The van der Waals surface area contributed by atoms with Crippen molar-refractivity contribution in [2.24, 2.45) is 23.3 Å². The number of hydrogen-bond donors (Lipinski definition) is 20. The quantitative estimate of drug-likeness (QED) is 0.0213. The van der Waals surface area contributed by atoms with Gasteiger partial charge in [-0.25, -0.2) is 9.78 Å². The number of esters is 3. The molecule has 0 saturated carbocycles. The van der Waals surface area contributed by atoms with Gasteiger partial charge in [0.15, 0.2) is 18.5 Å². The number of aliphatic carboxylic acids is 3. The van der Waals surface area contributed by atoms with Gasteiger partial charge in [0.25, 0.3) is 0 Å². The summed E-state index contributed by atoms with van der Waals surface area (Å²) >= 11 is 0. The average Bonchev–Trinajstić information content (AvgIpc) is 0.830. The summed E-state index contributed by atoms with van der Waals surface area (Å²) in [6.07, 6.45) is -8.41. The van der Waals surface area contributed by atoms with Crippen LogP contribution in [0.4, 0.5) is 0 Å². The maximum absolute atomic E-state index is 14.6. The van der Waals surface area contributed by atoms with E-state index in [2.05, 4.69) is 73.8 Å². The average molecular weight is 1520 g/mol. The SMILES string of the molecule is CC(=O)N[C@H]1[C@@H](OC[C@H](NC(=O)[C@H](CO)NC(=O)[C@@H](NC(=O)[C@H](C)NC(=O)[C@H](Cc2cnc[nH]2)NC(=O)[C@@H](N)CO)C(C)C)C(=O)N[C@@H](CC(N)=O)C(=O)NCC(=O)N[C@@H](CCC(=O)O)C(=O)N[C@@H](C)C(=O)N[C@H](C(=O)N[C@@H](CCC(=O)O)C(=O)O)C(C)C)O[C@H](COC(C)=O)[C@H](OC(C)=O)[C@@H]1OC(C)=O. The first-order valence-electron chi connectivity index (χ1n) is 32.7. The summed E-state index contributed by atoms with van der Waals surface area (Å²) in [6, 6.07) is -20.7. The van der Waals surface area contributed by atoms with Gasteiger partial charge in [0, 0.05) is 58.8 Å². The standard InChI is InChI=1S/C61H94N16O29/c1-24(2)45(58(98)71-35(60(100)101)12-14-44(88)89)76-50(90)26(5)67-54(94)34(11-13-43(86)87)70-42(85)18-65-53(93)37(16-41(63)84)73-57(97)39(21-103-61-47(69-28(7)80)49(105-31(10)83)48(104-30(9)82)40(106-61)22-102-29(8)81)75-56(96)38(20-79)74-59(99)46(25(3)4)77-51(91)27(6)68-55(95)36(15-32-17-64-23-66-32)72-52(92)33(62)19-78/h17,23-27,33-40,45-49,61,78-79H,11-16,18-22,62H2,1-10H3,(H2,63,84)(H,64,66)(H,65,93)(H,67,94)(H,68,95)(H,69,80)(H,70,85)(H,71,98)(H,72,92)(H,73,97)(H,74,99)(H,75,96)(H,76,90)(H,77,91)(H,86,87)(H,88,89)(H,100,101)/t26-,27-,33-,34-,35-,36-,37-,38-,39-,40+,45-,46-,47+,48-,49+,61-/m0/s1. The van der Waals surface area contributed by atoms with Crippen LogP contribution in [0.1, 0.15) is 107 Å². The molecule has 1 aliphatic heterocycles. The zero-order chi connectivity index (χ0) is 80.6. The Balaban J connectivity index is 2.60. The fourth-order valence-corrected chi connectivity index (χ4v) is 9.65. The van der Waals surface area contributed by atoms with Gasteiger partial charge in [-0.2, -0.15) is 0 Å². The van der Waals surface area contributed by atoms with E-state index in [1.807, 2.05) is 0 Å². The monoisotopic (exact) mass is 1510 g/mol. The Hall–Kier alpha value is -11.1. The number of aliphatic hydroxyl groups is 2. The van der Waals surface area contributed by atoms with Crippen molar-refractivity contribution in [1.29, 1.82) is 0 Å². The molecule has 13 amide bonds. The minimum Gasteiger partial charge on any atom is -0.481 e. The van der Waals surface area contributed by atoms with Gasteiger partial charge in [0.2, 0.25) is 76.8 Å². The molecule has 2 rings (SSSR count). The van der Waals surface area contributed by atoms with Gasteiger partial charge in [-0.3, -0.25) is 86.3 Å². The molecule has 1 saturated heterocycles.